The van der Waals surface area contributed by atoms with Gasteiger partial charge in [0.15, 0.2) is 5.65 Å². The smallest absolute Gasteiger partial charge is 0.349 e. The highest BCUT2D eigenvalue weighted by Crippen LogP contribution is 2.37. The number of pyridine rings is 1. The molecule has 1 aliphatic heterocycles. The van der Waals surface area contributed by atoms with Gasteiger partial charge in [-0.05, 0) is 81.7 Å². The van der Waals surface area contributed by atoms with E-state index < -0.39 is 11.5 Å². The number of benzene rings is 2. The Morgan fingerprint density at radius 3 is 2.49 bits per heavy atom. The van der Waals surface area contributed by atoms with Gasteiger partial charge in [0.1, 0.15) is 11.6 Å². The Morgan fingerprint density at radius 1 is 1.13 bits per heavy atom. The number of fused-ring (bicyclic) bond motifs is 1. The molecule has 4 aromatic rings. The fourth-order valence-electron chi connectivity index (χ4n) is 6.30. The van der Waals surface area contributed by atoms with E-state index in [9.17, 15) is 9.59 Å². The lowest BCUT2D eigenvalue weighted by molar-refractivity contribution is -0.128. The Morgan fingerprint density at radius 2 is 1.84 bits per heavy atom. The van der Waals surface area contributed by atoms with Crippen LogP contribution in [0.2, 0.25) is 5.02 Å². The number of halogens is 2. The zero-order valence-electron chi connectivity index (χ0n) is 26.9. The summed E-state index contributed by atoms with van der Waals surface area (Å²) in [5, 5.41) is 0.804. The van der Waals surface area contributed by atoms with Crippen LogP contribution in [0.4, 0.5) is 10.2 Å². The minimum Gasteiger partial charge on any atom is -0.349 e. The second-order valence-corrected chi connectivity index (χ2v) is 12.9. The summed E-state index contributed by atoms with van der Waals surface area (Å²) in [7, 11) is 4.04. The van der Waals surface area contributed by atoms with Crippen molar-refractivity contribution in [1.82, 2.24) is 24.3 Å². The van der Waals surface area contributed by atoms with Crippen LogP contribution in [0, 0.1) is 12.7 Å². The van der Waals surface area contributed by atoms with Crippen molar-refractivity contribution in [3.05, 3.63) is 93.1 Å². The number of carbonyl (C=O) groups excluding carboxylic acids is 1. The van der Waals surface area contributed by atoms with Gasteiger partial charge in [0.05, 0.1) is 21.8 Å². The second kappa shape index (κ2) is 12.7. The highest BCUT2D eigenvalue weighted by atomic mass is 35.5. The number of piperazine rings is 1. The number of hydrogen-bond acceptors (Lipinski definition) is 6. The number of aromatic nitrogens is 3. The van der Waals surface area contributed by atoms with Crippen molar-refractivity contribution in [2.75, 3.05) is 32.1 Å². The van der Waals surface area contributed by atoms with E-state index in [1.54, 1.807) is 33.7 Å². The van der Waals surface area contributed by atoms with Gasteiger partial charge < -0.3 is 14.7 Å². The number of carbonyl (C=O) groups is 1. The maximum atomic E-state index is 15.1. The Kier molecular flexibility index (Phi) is 9.14. The molecule has 2 aromatic carbocycles. The molecule has 1 aliphatic rings. The summed E-state index contributed by atoms with van der Waals surface area (Å²) in [5.74, 6) is -0.0984. The highest BCUT2D eigenvalue weighted by molar-refractivity contribution is 6.33. The standard InChI is InChI=1S/C35H40ClFN6O2/c1-9-30(44)41-17-23(6)42(18-22(41)5)33-27-16-28(36)31(25-12-10-11-13-29(25)37)38-34(27)43(35(45)39-33)32-21(4)14-24(19-40(7)8)15-26(32)20(2)3/h9-16,20,22-23H,1,17-19H2,2-8H3. The monoisotopic (exact) mass is 630 g/mol. The number of rotatable bonds is 7. The van der Waals surface area contributed by atoms with Crippen LogP contribution < -0.4 is 10.6 Å². The predicted octanol–water partition coefficient (Wildman–Crippen LogP) is 6.35. The molecule has 8 nitrogen and oxygen atoms in total. The minimum atomic E-state index is -0.499. The number of aryl methyl sites for hydroxylation is 1. The SMILES string of the molecule is C=CC(=O)N1CC(C)N(c2nc(=O)n(-c3c(C)cc(CN(C)C)cc3C(C)C)c3nc(-c4ccccc4F)c(Cl)cc23)CC1C. The molecule has 5 rings (SSSR count). The number of amides is 1. The van der Waals surface area contributed by atoms with Gasteiger partial charge in [-0.3, -0.25) is 4.79 Å². The molecular formula is C35H40ClFN6O2. The summed E-state index contributed by atoms with van der Waals surface area (Å²) < 4.78 is 16.7. The van der Waals surface area contributed by atoms with E-state index in [1.165, 1.54) is 12.1 Å². The average molecular weight is 631 g/mol. The molecule has 2 atom stereocenters. The first kappa shape index (κ1) is 32.3. The van der Waals surface area contributed by atoms with Crippen LogP contribution in [-0.4, -0.2) is 69.5 Å². The molecule has 0 saturated carbocycles. The fourth-order valence-corrected chi connectivity index (χ4v) is 6.55. The first-order chi connectivity index (χ1) is 21.3. The highest BCUT2D eigenvalue weighted by Gasteiger charge is 2.34. The van der Waals surface area contributed by atoms with Crippen molar-refractivity contribution < 1.29 is 9.18 Å². The van der Waals surface area contributed by atoms with Gasteiger partial charge in [-0.25, -0.2) is 18.7 Å². The summed E-state index contributed by atoms with van der Waals surface area (Å²) in [5.41, 5.74) is 4.03. The molecule has 236 valence electrons. The van der Waals surface area contributed by atoms with Gasteiger partial charge in [-0.1, -0.05) is 56.3 Å². The van der Waals surface area contributed by atoms with E-state index in [2.05, 4.69) is 42.4 Å². The zero-order valence-corrected chi connectivity index (χ0v) is 27.7. The van der Waals surface area contributed by atoms with Crippen molar-refractivity contribution in [3.8, 4) is 16.9 Å². The largest absolute Gasteiger partial charge is 0.355 e. The average Bonchev–Trinajstić information content (AvgIpc) is 2.97. The first-order valence-corrected chi connectivity index (χ1v) is 15.6. The maximum Gasteiger partial charge on any atom is 0.355 e. The molecule has 0 aliphatic carbocycles. The third kappa shape index (κ3) is 6.11. The van der Waals surface area contributed by atoms with Crippen molar-refractivity contribution in [2.45, 2.75) is 59.2 Å². The van der Waals surface area contributed by atoms with Crippen molar-refractivity contribution >= 4 is 34.4 Å². The normalized spacial score (nSPS) is 17.0. The molecule has 0 bridgehead atoms. The predicted molar refractivity (Wildman–Crippen MR) is 180 cm³/mol. The van der Waals surface area contributed by atoms with Gasteiger partial charge in [0, 0.05) is 37.3 Å². The lowest BCUT2D eigenvalue weighted by Gasteiger charge is -2.44. The number of nitrogens with zero attached hydrogens (tertiary/aromatic N) is 6. The van der Waals surface area contributed by atoms with Gasteiger partial charge in [-0.2, -0.15) is 4.98 Å². The number of hydrogen-bond donors (Lipinski definition) is 0. The van der Waals surface area contributed by atoms with Gasteiger partial charge >= 0.3 is 5.69 Å². The quantitative estimate of drug-likeness (QED) is 0.222. The molecule has 0 radical (unpaired) electrons. The molecule has 0 N–H and O–H groups in total. The van der Waals surface area contributed by atoms with Crippen LogP contribution >= 0.6 is 11.6 Å². The van der Waals surface area contributed by atoms with Crippen LogP contribution in [0.25, 0.3) is 28.0 Å². The summed E-state index contributed by atoms with van der Waals surface area (Å²) >= 11 is 6.86. The van der Waals surface area contributed by atoms with Gasteiger partial charge in [-0.15, -0.1) is 0 Å². The number of anilines is 1. The lowest BCUT2D eigenvalue weighted by atomic mass is 9.94. The van der Waals surface area contributed by atoms with Crippen LogP contribution in [0.1, 0.15) is 50.3 Å². The zero-order chi connectivity index (χ0) is 32.7. The molecule has 1 fully saturated rings. The van der Waals surface area contributed by atoms with E-state index in [4.69, 9.17) is 16.6 Å². The Hall–Kier alpha value is -4.08. The molecule has 1 saturated heterocycles. The van der Waals surface area contributed by atoms with Crippen molar-refractivity contribution in [1.29, 1.82) is 0 Å². The molecule has 2 unspecified atom stereocenters. The summed E-state index contributed by atoms with van der Waals surface area (Å²) in [6.45, 7) is 15.4. The Labute approximate surface area is 268 Å². The molecule has 3 heterocycles. The Bertz CT molecular complexity index is 1850. The topological polar surface area (TPSA) is 74.6 Å². The molecular weight excluding hydrogens is 591 g/mol. The van der Waals surface area contributed by atoms with E-state index in [-0.39, 0.29) is 40.2 Å². The Balaban J connectivity index is 1.83. The van der Waals surface area contributed by atoms with E-state index in [0.29, 0.717) is 35.6 Å². The fraction of sp³-hybridized carbons (Fsp3) is 0.371. The van der Waals surface area contributed by atoms with Crippen molar-refractivity contribution in [2.24, 2.45) is 0 Å². The lowest BCUT2D eigenvalue weighted by Crippen LogP contribution is -2.58. The third-order valence-electron chi connectivity index (χ3n) is 8.38. The first-order valence-electron chi connectivity index (χ1n) is 15.2. The van der Waals surface area contributed by atoms with E-state index in [0.717, 1.165) is 23.2 Å². The summed E-state index contributed by atoms with van der Waals surface area (Å²) in [6.07, 6.45) is 1.32. The van der Waals surface area contributed by atoms with E-state index in [1.807, 2.05) is 39.8 Å². The molecule has 45 heavy (non-hydrogen) atoms. The third-order valence-corrected chi connectivity index (χ3v) is 8.67. The molecule has 1 amide bonds. The van der Waals surface area contributed by atoms with E-state index >= 15 is 4.39 Å². The summed E-state index contributed by atoms with van der Waals surface area (Å²) in [4.78, 5) is 42.4. The van der Waals surface area contributed by atoms with Crippen LogP contribution in [0.5, 0.6) is 0 Å². The van der Waals surface area contributed by atoms with Gasteiger partial charge in [0.25, 0.3) is 0 Å². The minimum absolute atomic E-state index is 0.0807. The second-order valence-electron chi connectivity index (χ2n) is 12.5. The van der Waals surface area contributed by atoms with Gasteiger partial charge in [0.2, 0.25) is 5.91 Å². The molecule has 0 spiro atoms. The van der Waals surface area contributed by atoms with Crippen LogP contribution in [0.15, 0.2) is 59.9 Å². The van der Waals surface area contributed by atoms with Crippen LogP contribution in [0.3, 0.4) is 0 Å². The van der Waals surface area contributed by atoms with Crippen molar-refractivity contribution in [3.63, 3.8) is 0 Å². The molecule has 2 aromatic heterocycles. The summed E-state index contributed by atoms with van der Waals surface area (Å²) in [6, 6.07) is 11.9. The van der Waals surface area contributed by atoms with Crippen LogP contribution in [-0.2, 0) is 11.3 Å². The molecule has 10 heteroatoms. The maximum absolute atomic E-state index is 15.1.